The molecule has 0 amide bonds. The van der Waals surface area contributed by atoms with Gasteiger partial charge in [-0.2, -0.15) is 5.26 Å². The second-order valence-electron chi connectivity index (χ2n) is 3.12. The molecule has 0 unspecified atom stereocenters. The predicted molar refractivity (Wildman–Crippen MR) is 44.8 cm³/mol. The monoisotopic (exact) mass is 159 g/mol. The first-order valence-corrected chi connectivity index (χ1v) is 4.05. The Morgan fingerprint density at radius 2 is 2.17 bits per heavy atom. The van der Waals surface area contributed by atoms with Crippen molar-refractivity contribution in [1.82, 2.24) is 0 Å². The van der Waals surface area contributed by atoms with E-state index in [0.717, 1.165) is 18.4 Å². The highest BCUT2D eigenvalue weighted by atomic mass is 16.3. The van der Waals surface area contributed by atoms with E-state index in [9.17, 15) is 5.11 Å². The topological polar surface area (TPSA) is 44.0 Å². The largest absolute Gasteiger partial charge is 0.508 e. The predicted octanol–water partition coefficient (Wildman–Crippen LogP) is 2.14. The fourth-order valence-corrected chi connectivity index (χ4v) is 1.45. The summed E-state index contributed by atoms with van der Waals surface area (Å²) in [7, 11) is 0. The minimum Gasteiger partial charge on any atom is -0.508 e. The van der Waals surface area contributed by atoms with Gasteiger partial charge < -0.3 is 5.11 Å². The Kier molecular flexibility index (Phi) is 1.51. The van der Waals surface area contributed by atoms with Gasteiger partial charge in [0.2, 0.25) is 0 Å². The zero-order valence-corrected chi connectivity index (χ0v) is 6.62. The molecule has 1 aromatic carbocycles. The van der Waals surface area contributed by atoms with Gasteiger partial charge in [-0.15, -0.1) is 0 Å². The molecule has 0 aromatic heterocycles. The number of nitriles is 1. The van der Waals surface area contributed by atoms with E-state index in [0.29, 0.717) is 11.5 Å². The molecular weight excluding hydrogens is 150 g/mol. The van der Waals surface area contributed by atoms with E-state index in [1.54, 1.807) is 18.2 Å². The summed E-state index contributed by atoms with van der Waals surface area (Å²) in [6.07, 6.45) is 2.21. The van der Waals surface area contributed by atoms with E-state index in [4.69, 9.17) is 5.26 Å². The summed E-state index contributed by atoms with van der Waals surface area (Å²) in [5, 5.41) is 18.2. The lowest BCUT2D eigenvalue weighted by Gasteiger charge is -2.03. The maximum Gasteiger partial charge on any atom is 0.120 e. The highest BCUT2D eigenvalue weighted by Crippen LogP contribution is 2.45. The lowest BCUT2D eigenvalue weighted by Crippen LogP contribution is -1.86. The summed E-state index contributed by atoms with van der Waals surface area (Å²) >= 11 is 0. The summed E-state index contributed by atoms with van der Waals surface area (Å²) in [6.45, 7) is 0. The van der Waals surface area contributed by atoms with Gasteiger partial charge in [0.05, 0.1) is 11.6 Å². The van der Waals surface area contributed by atoms with Crippen LogP contribution in [-0.2, 0) is 0 Å². The molecule has 0 bridgehead atoms. The zero-order chi connectivity index (χ0) is 8.55. The summed E-state index contributed by atoms with van der Waals surface area (Å²) in [4.78, 5) is 0. The van der Waals surface area contributed by atoms with Crippen LogP contribution in [0.3, 0.4) is 0 Å². The van der Waals surface area contributed by atoms with Gasteiger partial charge in [0.25, 0.3) is 0 Å². The third kappa shape index (κ3) is 1.04. The molecule has 1 fully saturated rings. The fraction of sp³-hybridized carbons (Fsp3) is 0.300. The van der Waals surface area contributed by atoms with Gasteiger partial charge in [-0.05, 0) is 30.9 Å². The first-order chi connectivity index (χ1) is 5.83. The van der Waals surface area contributed by atoms with Crippen LogP contribution in [0.2, 0.25) is 0 Å². The van der Waals surface area contributed by atoms with Gasteiger partial charge in [-0.1, -0.05) is 6.07 Å². The molecule has 12 heavy (non-hydrogen) atoms. The molecule has 0 atom stereocenters. The molecule has 2 rings (SSSR count). The van der Waals surface area contributed by atoms with E-state index in [2.05, 4.69) is 6.07 Å². The molecular formula is C10H9NO. The summed E-state index contributed by atoms with van der Waals surface area (Å²) in [6, 6.07) is 7.21. The van der Waals surface area contributed by atoms with Crippen LogP contribution in [0.15, 0.2) is 18.2 Å². The summed E-state index contributed by atoms with van der Waals surface area (Å²) < 4.78 is 0. The summed E-state index contributed by atoms with van der Waals surface area (Å²) in [5.74, 6) is 0.706. The lowest BCUT2D eigenvalue weighted by molar-refractivity contribution is 0.468. The average Bonchev–Trinajstić information content (AvgIpc) is 2.87. The number of hydrogen-bond acceptors (Lipinski definition) is 2. The van der Waals surface area contributed by atoms with Gasteiger partial charge in [0.1, 0.15) is 5.75 Å². The number of phenols is 1. The van der Waals surface area contributed by atoms with Crippen LogP contribution in [0, 0.1) is 11.3 Å². The van der Waals surface area contributed by atoms with Crippen LogP contribution in [0.1, 0.15) is 29.9 Å². The lowest BCUT2D eigenvalue weighted by atomic mass is 10.0. The van der Waals surface area contributed by atoms with Crippen molar-refractivity contribution in [3.05, 3.63) is 29.3 Å². The van der Waals surface area contributed by atoms with Crippen LogP contribution in [0.25, 0.3) is 0 Å². The number of benzene rings is 1. The summed E-state index contributed by atoms with van der Waals surface area (Å²) in [5.41, 5.74) is 1.47. The van der Waals surface area contributed by atoms with Crippen molar-refractivity contribution < 1.29 is 5.11 Å². The van der Waals surface area contributed by atoms with Crippen LogP contribution in [0.4, 0.5) is 0 Å². The highest BCUT2D eigenvalue weighted by Gasteiger charge is 2.28. The molecule has 0 aliphatic heterocycles. The van der Waals surface area contributed by atoms with Crippen LogP contribution in [-0.4, -0.2) is 5.11 Å². The first kappa shape index (κ1) is 7.17. The SMILES string of the molecule is N#Cc1cccc(O)c1C1CC1. The minimum atomic E-state index is 0.275. The molecule has 60 valence electrons. The van der Waals surface area contributed by atoms with Gasteiger partial charge in [-0.25, -0.2) is 0 Å². The van der Waals surface area contributed by atoms with E-state index in [1.165, 1.54) is 0 Å². The molecule has 0 heterocycles. The molecule has 0 radical (unpaired) electrons. The molecule has 1 saturated carbocycles. The number of nitrogens with zero attached hydrogens (tertiary/aromatic N) is 1. The van der Waals surface area contributed by atoms with Crippen molar-refractivity contribution in [3.8, 4) is 11.8 Å². The maximum absolute atomic E-state index is 9.48. The van der Waals surface area contributed by atoms with Crippen LogP contribution in [0.5, 0.6) is 5.75 Å². The Morgan fingerprint density at radius 3 is 2.75 bits per heavy atom. The Labute approximate surface area is 71.1 Å². The van der Waals surface area contributed by atoms with Crippen molar-refractivity contribution in [1.29, 1.82) is 5.26 Å². The molecule has 2 nitrogen and oxygen atoms in total. The quantitative estimate of drug-likeness (QED) is 0.682. The second-order valence-corrected chi connectivity index (χ2v) is 3.12. The van der Waals surface area contributed by atoms with E-state index >= 15 is 0 Å². The third-order valence-corrected chi connectivity index (χ3v) is 2.19. The van der Waals surface area contributed by atoms with Gasteiger partial charge in [-0.3, -0.25) is 0 Å². The third-order valence-electron chi connectivity index (χ3n) is 2.19. The Hall–Kier alpha value is -1.49. The second kappa shape index (κ2) is 2.53. The van der Waals surface area contributed by atoms with Crippen molar-refractivity contribution in [3.63, 3.8) is 0 Å². The molecule has 0 spiro atoms. The number of phenolic OH excluding ortho intramolecular Hbond substituents is 1. The molecule has 2 heteroatoms. The Bertz CT molecular complexity index is 347. The van der Waals surface area contributed by atoms with Crippen molar-refractivity contribution in [2.75, 3.05) is 0 Å². The zero-order valence-electron chi connectivity index (χ0n) is 6.62. The maximum atomic E-state index is 9.48. The molecule has 1 aromatic rings. The van der Waals surface area contributed by atoms with Gasteiger partial charge >= 0.3 is 0 Å². The molecule has 1 aliphatic rings. The van der Waals surface area contributed by atoms with E-state index in [1.807, 2.05) is 0 Å². The normalized spacial score (nSPS) is 15.6. The van der Waals surface area contributed by atoms with E-state index < -0.39 is 0 Å². The number of hydrogen-bond donors (Lipinski definition) is 1. The van der Waals surface area contributed by atoms with Crippen molar-refractivity contribution in [2.24, 2.45) is 0 Å². The van der Waals surface area contributed by atoms with E-state index in [-0.39, 0.29) is 5.75 Å². The van der Waals surface area contributed by atoms with Gasteiger partial charge in [0.15, 0.2) is 0 Å². The number of aromatic hydroxyl groups is 1. The highest BCUT2D eigenvalue weighted by molar-refractivity contribution is 5.49. The molecule has 0 saturated heterocycles. The van der Waals surface area contributed by atoms with Gasteiger partial charge in [0, 0.05) is 5.56 Å². The van der Waals surface area contributed by atoms with Crippen molar-refractivity contribution >= 4 is 0 Å². The molecule has 1 aliphatic carbocycles. The van der Waals surface area contributed by atoms with Crippen LogP contribution >= 0.6 is 0 Å². The Balaban J connectivity index is 2.54. The smallest absolute Gasteiger partial charge is 0.120 e. The minimum absolute atomic E-state index is 0.275. The standard InChI is InChI=1S/C10H9NO/c11-6-8-2-1-3-9(12)10(8)7-4-5-7/h1-3,7,12H,4-5H2. The van der Waals surface area contributed by atoms with Crippen molar-refractivity contribution in [2.45, 2.75) is 18.8 Å². The Morgan fingerprint density at radius 1 is 1.42 bits per heavy atom. The average molecular weight is 159 g/mol. The fourth-order valence-electron chi connectivity index (χ4n) is 1.45. The molecule has 1 N–H and O–H groups in total. The first-order valence-electron chi connectivity index (χ1n) is 4.05. The number of rotatable bonds is 1. The van der Waals surface area contributed by atoms with Crippen LogP contribution < -0.4 is 0 Å².